The molecule has 1 aromatic carbocycles. The summed E-state index contributed by atoms with van der Waals surface area (Å²) >= 11 is 0. The Morgan fingerprint density at radius 1 is 1.11 bits per heavy atom. The molecule has 0 bridgehead atoms. The molecule has 0 radical (unpaired) electrons. The predicted molar refractivity (Wildman–Crippen MR) is 134 cm³/mol. The number of carbonyl (C=O) groups excluding carboxylic acids is 2. The number of benzene rings is 1. The summed E-state index contributed by atoms with van der Waals surface area (Å²) in [6.07, 6.45) is 3.92. The van der Waals surface area contributed by atoms with E-state index in [2.05, 4.69) is 6.92 Å². The molecular weight excluding hydrogens is 461 g/mol. The number of allylic oxidation sites excluding steroid dienone is 2. The molecule has 36 heavy (non-hydrogen) atoms. The molecular formula is C27H36BNO7. The SMILES string of the molecule is CCCC1=C2B(O)O[C@H](c3cc(C)c(O)c(C)c3)C[C@H]2[C@H]2C(=O)N(CCCCCC(=O)O)C(=O)[C@H]2C1. The van der Waals surface area contributed by atoms with Crippen LogP contribution in [0.5, 0.6) is 5.75 Å². The van der Waals surface area contributed by atoms with E-state index in [1.807, 2.05) is 26.0 Å². The van der Waals surface area contributed by atoms with Gasteiger partial charge in [-0.2, -0.15) is 0 Å². The van der Waals surface area contributed by atoms with E-state index in [0.717, 1.165) is 40.6 Å². The third-order valence-electron chi connectivity index (χ3n) is 8.01. The number of carbonyl (C=O) groups is 3. The van der Waals surface area contributed by atoms with Gasteiger partial charge < -0.3 is 19.9 Å². The van der Waals surface area contributed by atoms with Crippen molar-refractivity contribution >= 4 is 24.9 Å². The third-order valence-corrected chi connectivity index (χ3v) is 8.01. The summed E-state index contributed by atoms with van der Waals surface area (Å²) in [4.78, 5) is 39.1. The van der Waals surface area contributed by atoms with Crippen LogP contribution in [-0.2, 0) is 19.0 Å². The maximum Gasteiger partial charge on any atom is 0.487 e. The molecule has 0 spiro atoms. The quantitative estimate of drug-likeness (QED) is 0.269. The fourth-order valence-electron chi connectivity index (χ4n) is 6.35. The van der Waals surface area contributed by atoms with Crippen molar-refractivity contribution in [1.29, 1.82) is 0 Å². The highest BCUT2D eigenvalue weighted by atomic mass is 16.5. The van der Waals surface area contributed by atoms with Crippen LogP contribution in [0.25, 0.3) is 0 Å². The van der Waals surface area contributed by atoms with Gasteiger partial charge in [-0.3, -0.25) is 19.3 Å². The second-order valence-electron chi connectivity index (χ2n) is 10.5. The Balaban J connectivity index is 1.59. The molecule has 2 aliphatic heterocycles. The Kier molecular flexibility index (Phi) is 7.90. The van der Waals surface area contributed by atoms with Gasteiger partial charge in [0.05, 0.1) is 17.9 Å². The molecule has 3 N–H and O–H groups in total. The zero-order valence-electron chi connectivity index (χ0n) is 21.3. The van der Waals surface area contributed by atoms with Gasteiger partial charge in [0.15, 0.2) is 0 Å². The van der Waals surface area contributed by atoms with Crippen LogP contribution in [0.4, 0.5) is 0 Å². The van der Waals surface area contributed by atoms with Crippen LogP contribution in [0.15, 0.2) is 23.2 Å². The number of unbranched alkanes of at least 4 members (excludes halogenated alkanes) is 2. The van der Waals surface area contributed by atoms with Crippen LogP contribution in [0.1, 0.15) is 81.1 Å². The van der Waals surface area contributed by atoms with Crippen LogP contribution >= 0.6 is 0 Å². The number of phenols is 1. The molecule has 4 rings (SSSR count). The van der Waals surface area contributed by atoms with Crippen molar-refractivity contribution in [2.24, 2.45) is 17.8 Å². The standard InChI is InChI=1S/C27H36BNO7/c1-4-8-17-13-20-23(27(34)29(26(20)33)10-7-5-6-9-22(30)31)19-14-21(36-28(35)24(17)19)18-11-15(2)25(32)16(3)12-18/h11-12,19-21,23,32,35H,4-10,13-14H2,1-3H3,(H,30,31)/t19-,20-,21-,23+/m0/s1. The normalized spacial score (nSPS) is 25.9. The molecule has 2 saturated heterocycles. The first-order valence-corrected chi connectivity index (χ1v) is 13.1. The van der Waals surface area contributed by atoms with Crippen molar-refractivity contribution in [3.63, 3.8) is 0 Å². The lowest BCUT2D eigenvalue weighted by Gasteiger charge is -2.42. The van der Waals surface area contributed by atoms with Gasteiger partial charge in [-0.05, 0) is 86.2 Å². The van der Waals surface area contributed by atoms with Gasteiger partial charge in [-0.15, -0.1) is 0 Å². The zero-order chi connectivity index (χ0) is 26.1. The summed E-state index contributed by atoms with van der Waals surface area (Å²) in [6.45, 7) is 5.99. The predicted octanol–water partition coefficient (Wildman–Crippen LogP) is 3.85. The number of carboxylic acids is 1. The number of aliphatic carboxylic acids is 1. The fraction of sp³-hybridized carbons (Fsp3) is 0.593. The van der Waals surface area contributed by atoms with Crippen LogP contribution in [0.2, 0.25) is 0 Å². The Labute approximate surface area is 212 Å². The number of aryl methyl sites for hydroxylation is 2. The summed E-state index contributed by atoms with van der Waals surface area (Å²) in [5.41, 5.74) is 4.08. The van der Waals surface area contributed by atoms with Gasteiger partial charge in [-0.1, -0.05) is 25.3 Å². The first kappa shape index (κ1) is 26.4. The molecule has 194 valence electrons. The highest BCUT2D eigenvalue weighted by Gasteiger charge is 2.57. The van der Waals surface area contributed by atoms with Crippen molar-refractivity contribution < 1.29 is 34.3 Å². The number of likely N-dealkylation sites (tertiary alicyclic amines) is 1. The van der Waals surface area contributed by atoms with E-state index < -0.39 is 31.0 Å². The van der Waals surface area contributed by atoms with Crippen LogP contribution in [-0.4, -0.2) is 51.6 Å². The second-order valence-corrected chi connectivity index (χ2v) is 10.5. The number of rotatable bonds is 9. The minimum absolute atomic E-state index is 0.0817. The first-order chi connectivity index (χ1) is 17.1. The molecule has 4 atom stereocenters. The van der Waals surface area contributed by atoms with Gasteiger partial charge in [-0.25, -0.2) is 0 Å². The number of nitrogens with zero attached hydrogens (tertiary/aromatic N) is 1. The minimum atomic E-state index is -1.14. The molecule has 0 unspecified atom stereocenters. The van der Waals surface area contributed by atoms with Gasteiger partial charge in [0, 0.05) is 13.0 Å². The Bertz CT molecular complexity index is 1060. The molecule has 1 aromatic rings. The minimum Gasteiger partial charge on any atom is -0.507 e. The topological polar surface area (TPSA) is 124 Å². The van der Waals surface area contributed by atoms with Gasteiger partial charge >= 0.3 is 13.1 Å². The average molecular weight is 497 g/mol. The number of aromatic hydroxyl groups is 1. The van der Waals surface area contributed by atoms with E-state index in [1.54, 1.807) is 0 Å². The molecule has 1 aliphatic carbocycles. The maximum absolute atomic E-state index is 13.6. The molecule has 0 saturated carbocycles. The largest absolute Gasteiger partial charge is 0.507 e. The van der Waals surface area contributed by atoms with Gasteiger partial charge in [0.2, 0.25) is 11.8 Å². The molecule has 8 nitrogen and oxygen atoms in total. The Hall–Kier alpha value is -2.65. The number of carboxylic acid groups (broad SMARTS) is 1. The summed E-state index contributed by atoms with van der Waals surface area (Å²) in [5.74, 6) is -2.19. The van der Waals surface area contributed by atoms with E-state index in [1.165, 1.54) is 4.90 Å². The smallest absolute Gasteiger partial charge is 0.487 e. The van der Waals surface area contributed by atoms with E-state index in [-0.39, 0.29) is 29.9 Å². The Morgan fingerprint density at radius 2 is 1.81 bits per heavy atom. The lowest BCUT2D eigenvalue weighted by molar-refractivity contribution is -0.141. The fourth-order valence-corrected chi connectivity index (χ4v) is 6.35. The molecule has 3 aliphatic rings. The van der Waals surface area contributed by atoms with Crippen molar-refractivity contribution in [3.8, 4) is 5.75 Å². The van der Waals surface area contributed by atoms with E-state index >= 15 is 0 Å². The van der Waals surface area contributed by atoms with Crippen molar-refractivity contribution in [2.75, 3.05) is 6.54 Å². The van der Waals surface area contributed by atoms with Crippen LogP contribution in [0, 0.1) is 31.6 Å². The van der Waals surface area contributed by atoms with Crippen molar-refractivity contribution in [3.05, 3.63) is 39.9 Å². The van der Waals surface area contributed by atoms with Crippen LogP contribution < -0.4 is 0 Å². The Morgan fingerprint density at radius 3 is 2.44 bits per heavy atom. The van der Waals surface area contributed by atoms with E-state index in [9.17, 15) is 24.5 Å². The maximum atomic E-state index is 13.6. The molecule has 2 amide bonds. The number of hydrogen-bond donors (Lipinski definition) is 3. The van der Waals surface area contributed by atoms with Gasteiger partial charge in [0.25, 0.3) is 0 Å². The summed E-state index contributed by atoms with van der Waals surface area (Å²) in [5, 5.41) is 30.1. The monoisotopic (exact) mass is 497 g/mol. The van der Waals surface area contributed by atoms with E-state index in [0.29, 0.717) is 38.6 Å². The highest BCUT2D eigenvalue weighted by molar-refractivity contribution is 6.53. The molecule has 9 heteroatoms. The first-order valence-electron chi connectivity index (χ1n) is 13.1. The number of fused-ring (bicyclic) bond motifs is 3. The molecule has 2 heterocycles. The number of phenolic OH excluding ortho intramolecular Hbond substituents is 1. The zero-order valence-corrected chi connectivity index (χ0v) is 21.3. The van der Waals surface area contributed by atoms with E-state index in [4.69, 9.17) is 9.76 Å². The third kappa shape index (κ3) is 4.96. The second kappa shape index (κ2) is 10.8. The van der Waals surface area contributed by atoms with Gasteiger partial charge in [0.1, 0.15) is 5.75 Å². The van der Waals surface area contributed by atoms with Crippen molar-refractivity contribution in [2.45, 2.75) is 78.2 Å². The van der Waals surface area contributed by atoms with Crippen LogP contribution in [0.3, 0.4) is 0 Å². The summed E-state index contributed by atoms with van der Waals surface area (Å²) in [7, 11) is -1.14. The lowest BCUT2D eigenvalue weighted by Crippen LogP contribution is -2.45. The number of amides is 2. The number of hydrogen-bond acceptors (Lipinski definition) is 6. The highest BCUT2D eigenvalue weighted by Crippen LogP contribution is 2.52. The molecule has 0 aromatic heterocycles. The lowest BCUT2D eigenvalue weighted by atomic mass is 9.54. The summed E-state index contributed by atoms with van der Waals surface area (Å²) in [6, 6.07) is 3.71. The number of imide groups is 1. The summed E-state index contributed by atoms with van der Waals surface area (Å²) < 4.78 is 6.08. The average Bonchev–Trinajstić information content (AvgIpc) is 3.06. The van der Waals surface area contributed by atoms with Crippen molar-refractivity contribution in [1.82, 2.24) is 4.90 Å². The molecule has 2 fully saturated rings.